The molecule has 0 saturated heterocycles. The Labute approximate surface area is 113 Å². The molecule has 5 heteroatoms. The predicted octanol–water partition coefficient (Wildman–Crippen LogP) is 1.78. The normalized spacial score (nSPS) is 23.4. The number of aliphatic imine (C=N–C) groups is 1. The first kappa shape index (κ1) is 15.4. The Bertz CT molecular complexity index is 448. The quantitative estimate of drug-likeness (QED) is 0.603. The largest absolute Gasteiger partial charge is 0.511 e. The third-order valence-corrected chi connectivity index (χ3v) is 3.28. The van der Waals surface area contributed by atoms with Crippen LogP contribution in [0, 0.1) is 5.41 Å². The van der Waals surface area contributed by atoms with Crippen LogP contribution < -0.4 is 5.32 Å². The molecule has 0 heterocycles. The molecule has 0 aliphatic heterocycles. The number of nitrogens with zero attached hydrogens (tertiary/aromatic N) is 1. The van der Waals surface area contributed by atoms with E-state index in [0.29, 0.717) is 24.1 Å². The summed E-state index contributed by atoms with van der Waals surface area (Å²) in [6.07, 6.45) is 1.39. The van der Waals surface area contributed by atoms with E-state index in [4.69, 9.17) is 0 Å². The number of amides is 1. The van der Waals surface area contributed by atoms with Gasteiger partial charge < -0.3 is 10.4 Å². The van der Waals surface area contributed by atoms with Gasteiger partial charge >= 0.3 is 0 Å². The molecular formula is C14H22N2O3. The molecule has 0 unspecified atom stereocenters. The summed E-state index contributed by atoms with van der Waals surface area (Å²) in [6, 6.07) is 0. The molecule has 1 aliphatic carbocycles. The van der Waals surface area contributed by atoms with Gasteiger partial charge in [-0.1, -0.05) is 13.8 Å². The topological polar surface area (TPSA) is 78.8 Å². The molecule has 1 saturated carbocycles. The minimum absolute atomic E-state index is 0.0234. The SMILES string of the molecule is CN=C1CC(C)(C)CC(=O)/C1=C(\O)CCC(=O)NC. The monoisotopic (exact) mass is 266 g/mol. The van der Waals surface area contributed by atoms with Crippen LogP contribution in [0.25, 0.3) is 0 Å². The van der Waals surface area contributed by atoms with Gasteiger partial charge in [-0.3, -0.25) is 14.6 Å². The van der Waals surface area contributed by atoms with Crippen LogP contribution in [0.3, 0.4) is 0 Å². The van der Waals surface area contributed by atoms with Crippen molar-refractivity contribution in [2.75, 3.05) is 14.1 Å². The number of rotatable bonds is 3. The van der Waals surface area contributed by atoms with Crippen molar-refractivity contribution in [1.29, 1.82) is 0 Å². The van der Waals surface area contributed by atoms with Crippen LogP contribution in [0.1, 0.15) is 39.5 Å². The number of carbonyl (C=O) groups excluding carboxylic acids is 2. The first-order valence-corrected chi connectivity index (χ1v) is 6.42. The summed E-state index contributed by atoms with van der Waals surface area (Å²) in [4.78, 5) is 27.4. The Morgan fingerprint density at radius 3 is 2.53 bits per heavy atom. The van der Waals surface area contributed by atoms with E-state index in [1.165, 1.54) is 0 Å². The van der Waals surface area contributed by atoms with Gasteiger partial charge in [0.15, 0.2) is 5.78 Å². The van der Waals surface area contributed by atoms with E-state index in [1.54, 1.807) is 14.1 Å². The lowest BCUT2D eigenvalue weighted by atomic mass is 9.73. The van der Waals surface area contributed by atoms with E-state index in [1.807, 2.05) is 13.8 Å². The van der Waals surface area contributed by atoms with Crippen molar-refractivity contribution < 1.29 is 14.7 Å². The number of aliphatic hydroxyl groups excluding tert-OH is 1. The van der Waals surface area contributed by atoms with Gasteiger partial charge in [0.05, 0.1) is 5.57 Å². The van der Waals surface area contributed by atoms with E-state index >= 15 is 0 Å². The third-order valence-electron chi connectivity index (χ3n) is 3.28. The number of allylic oxidation sites excluding steroid dienone is 2. The molecule has 1 rings (SSSR count). The molecule has 0 aromatic rings. The maximum Gasteiger partial charge on any atom is 0.220 e. The van der Waals surface area contributed by atoms with Crippen molar-refractivity contribution in [2.24, 2.45) is 10.4 Å². The van der Waals surface area contributed by atoms with Crippen LogP contribution in [0.15, 0.2) is 16.3 Å². The van der Waals surface area contributed by atoms with Crippen LogP contribution in [0.5, 0.6) is 0 Å². The molecule has 0 atom stereocenters. The van der Waals surface area contributed by atoms with Crippen molar-refractivity contribution in [3.8, 4) is 0 Å². The van der Waals surface area contributed by atoms with Crippen molar-refractivity contribution >= 4 is 17.4 Å². The molecule has 0 bridgehead atoms. The lowest BCUT2D eigenvalue weighted by Crippen LogP contribution is -2.32. The molecular weight excluding hydrogens is 244 g/mol. The Kier molecular flexibility index (Phi) is 4.86. The maximum atomic E-state index is 12.1. The van der Waals surface area contributed by atoms with Crippen molar-refractivity contribution in [1.82, 2.24) is 5.32 Å². The Balaban J connectivity index is 2.96. The second-order valence-electron chi connectivity index (χ2n) is 5.61. The number of hydrogen-bond acceptors (Lipinski definition) is 4. The highest BCUT2D eigenvalue weighted by molar-refractivity contribution is 6.24. The van der Waals surface area contributed by atoms with E-state index in [9.17, 15) is 14.7 Å². The van der Waals surface area contributed by atoms with Gasteiger partial charge in [0, 0.05) is 39.1 Å². The average Bonchev–Trinajstić information content (AvgIpc) is 2.33. The molecule has 2 N–H and O–H groups in total. The predicted molar refractivity (Wildman–Crippen MR) is 74.3 cm³/mol. The number of hydrogen-bond donors (Lipinski definition) is 2. The second-order valence-corrected chi connectivity index (χ2v) is 5.61. The summed E-state index contributed by atoms with van der Waals surface area (Å²) in [7, 11) is 3.16. The molecule has 1 fully saturated rings. The lowest BCUT2D eigenvalue weighted by molar-refractivity contribution is -0.121. The molecule has 0 radical (unpaired) electrons. The Morgan fingerprint density at radius 1 is 1.37 bits per heavy atom. The molecule has 5 nitrogen and oxygen atoms in total. The summed E-state index contributed by atoms with van der Waals surface area (Å²) < 4.78 is 0. The molecule has 1 amide bonds. The van der Waals surface area contributed by atoms with E-state index in [2.05, 4.69) is 10.3 Å². The number of ketones is 1. The van der Waals surface area contributed by atoms with E-state index in [-0.39, 0.29) is 35.7 Å². The summed E-state index contributed by atoms with van der Waals surface area (Å²) in [6.45, 7) is 4.02. The summed E-state index contributed by atoms with van der Waals surface area (Å²) in [5.74, 6) is -0.276. The van der Waals surface area contributed by atoms with Crippen LogP contribution in [-0.2, 0) is 9.59 Å². The minimum atomic E-state index is -0.161. The average molecular weight is 266 g/mol. The highest BCUT2D eigenvalue weighted by Crippen LogP contribution is 2.35. The maximum absolute atomic E-state index is 12.1. The zero-order valence-corrected chi connectivity index (χ0v) is 12.0. The summed E-state index contributed by atoms with van der Waals surface area (Å²) in [5.41, 5.74) is 0.817. The first-order chi connectivity index (χ1) is 8.80. The van der Waals surface area contributed by atoms with Gasteiger partial charge in [0.2, 0.25) is 5.91 Å². The van der Waals surface area contributed by atoms with Crippen molar-refractivity contribution in [3.05, 3.63) is 11.3 Å². The minimum Gasteiger partial charge on any atom is -0.511 e. The number of Topliss-reactive ketones (excluding diaryl/α,β-unsaturated/α-hetero) is 1. The molecule has 1 aliphatic rings. The van der Waals surface area contributed by atoms with Gasteiger partial charge in [-0.25, -0.2) is 0 Å². The second kappa shape index (κ2) is 5.99. The van der Waals surface area contributed by atoms with Crippen LogP contribution in [-0.4, -0.2) is 36.6 Å². The summed E-state index contributed by atoms with van der Waals surface area (Å²) in [5, 5.41) is 12.5. The fraction of sp³-hybridized carbons (Fsp3) is 0.643. The van der Waals surface area contributed by atoms with E-state index < -0.39 is 0 Å². The number of nitrogens with one attached hydrogen (secondary N) is 1. The smallest absolute Gasteiger partial charge is 0.220 e. The van der Waals surface area contributed by atoms with Crippen LogP contribution in [0.2, 0.25) is 0 Å². The van der Waals surface area contributed by atoms with Crippen LogP contribution >= 0.6 is 0 Å². The summed E-state index contributed by atoms with van der Waals surface area (Å²) >= 11 is 0. The molecule has 0 aromatic carbocycles. The Morgan fingerprint density at radius 2 is 2.00 bits per heavy atom. The van der Waals surface area contributed by atoms with Crippen LogP contribution in [0.4, 0.5) is 0 Å². The van der Waals surface area contributed by atoms with Gasteiger partial charge in [-0.2, -0.15) is 0 Å². The third kappa shape index (κ3) is 3.91. The molecule has 106 valence electrons. The fourth-order valence-electron chi connectivity index (χ4n) is 2.29. The molecule has 19 heavy (non-hydrogen) atoms. The Hall–Kier alpha value is -1.65. The molecule has 0 aromatic heterocycles. The molecule has 0 spiro atoms. The fourth-order valence-corrected chi connectivity index (χ4v) is 2.29. The van der Waals surface area contributed by atoms with Gasteiger partial charge in [0.1, 0.15) is 5.76 Å². The van der Waals surface area contributed by atoms with Gasteiger partial charge in [-0.05, 0) is 11.8 Å². The first-order valence-electron chi connectivity index (χ1n) is 6.42. The van der Waals surface area contributed by atoms with Crippen molar-refractivity contribution in [3.63, 3.8) is 0 Å². The lowest BCUT2D eigenvalue weighted by Gasteiger charge is -2.31. The standard InChI is InChI=1S/C14H22N2O3/c1-14(2)7-9(15-3)13(11(18)8-14)10(17)5-6-12(19)16-4/h17H,5-8H2,1-4H3,(H,16,19)/b13-10-,15-9?. The van der Waals surface area contributed by atoms with Crippen molar-refractivity contribution in [2.45, 2.75) is 39.5 Å². The zero-order valence-electron chi connectivity index (χ0n) is 12.0. The number of aliphatic hydroxyl groups is 1. The van der Waals surface area contributed by atoms with Gasteiger partial charge in [-0.15, -0.1) is 0 Å². The van der Waals surface area contributed by atoms with Gasteiger partial charge in [0.25, 0.3) is 0 Å². The number of carbonyl (C=O) groups is 2. The zero-order chi connectivity index (χ0) is 14.6. The van der Waals surface area contributed by atoms with E-state index in [0.717, 1.165) is 0 Å². The highest BCUT2D eigenvalue weighted by atomic mass is 16.3. The highest BCUT2D eigenvalue weighted by Gasteiger charge is 2.35.